The van der Waals surface area contributed by atoms with Crippen molar-refractivity contribution in [3.05, 3.63) is 95.6 Å². The van der Waals surface area contributed by atoms with Crippen molar-refractivity contribution in [3.8, 4) is 11.1 Å². The van der Waals surface area contributed by atoms with E-state index in [9.17, 15) is 0 Å². The van der Waals surface area contributed by atoms with E-state index in [1.165, 1.54) is 26.4 Å². The van der Waals surface area contributed by atoms with Crippen LogP contribution >= 0.6 is 23.1 Å². The van der Waals surface area contributed by atoms with E-state index in [2.05, 4.69) is 82.5 Å². The van der Waals surface area contributed by atoms with Gasteiger partial charge in [-0.25, -0.2) is 0 Å². The molecule has 4 heteroatoms. The van der Waals surface area contributed by atoms with Crippen LogP contribution in [0, 0.1) is 0 Å². The second-order valence-electron chi connectivity index (χ2n) is 7.02. The molecule has 0 fully saturated rings. The first-order valence-electron chi connectivity index (χ1n) is 9.64. The SMILES string of the molecule is Clc1ccc(NCCc2nsc3ccccc23)c(-c2cccc3ccccc23)c1. The lowest BCUT2D eigenvalue weighted by molar-refractivity contribution is 1.000. The average Bonchev–Trinajstić information content (AvgIpc) is 3.17. The summed E-state index contributed by atoms with van der Waals surface area (Å²) in [6.45, 7) is 0.813. The molecule has 0 aliphatic rings. The summed E-state index contributed by atoms with van der Waals surface area (Å²) in [5.74, 6) is 0. The molecule has 5 aromatic rings. The molecule has 0 saturated carbocycles. The highest BCUT2D eigenvalue weighted by Gasteiger charge is 2.10. The summed E-state index contributed by atoms with van der Waals surface area (Å²) in [6, 6.07) is 29.3. The molecule has 1 heterocycles. The van der Waals surface area contributed by atoms with Crippen LogP contribution in [0.5, 0.6) is 0 Å². The summed E-state index contributed by atoms with van der Waals surface area (Å²) in [5.41, 5.74) is 4.55. The number of anilines is 1. The number of hydrogen-bond donors (Lipinski definition) is 1. The van der Waals surface area contributed by atoms with Gasteiger partial charge in [0.05, 0.1) is 10.4 Å². The predicted molar refractivity (Wildman–Crippen MR) is 126 cm³/mol. The summed E-state index contributed by atoms with van der Waals surface area (Å²) in [7, 11) is 0. The van der Waals surface area contributed by atoms with Gasteiger partial charge >= 0.3 is 0 Å². The van der Waals surface area contributed by atoms with Gasteiger partial charge < -0.3 is 5.32 Å². The molecule has 0 saturated heterocycles. The van der Waals surface area contributed by atoms with Crippen molar-refractivity contribution in [1.29, 1.82) is 0 Å². The van der Waals surface area contributed by atoms with E-state index < -0.39 is 0 Å². The first-order chi connectivity index (χ1) is 14.3. The smallest absolute Gasteiger partial charge is 0.0638 e. The van der Waals surface area contributed by atoms with Crippen LogP contribution in [0.25, 0.3) is 32.0 Å². The third-order valence-corrected chi connectivity index (χ3v) is 6.29. The summed E-state index contributed by atoms with van der Waals surface area (Å²) in [5, 5.41) is 8.06. The van der Waals surface area contributed by atoms with Gasteiger partial charge in [-0.05, 0) is 52.1 Å². The number of rotatable bonds is 5. The molecule has 2 nitrogen and oxygen atoms in total. The molecule has 0 bridgehead atoms. The van der Waals surface area contributed by atoms with Gasteiger partial charge in [0.2, 0.25) is 0 Å². The molecule has 5 rings (SSSR count). The van der Waals surface area contributed by atoms with E-state index in [4.69, 9.17) is 11.6 Å². The molecule has 0 radical (unpaired) electrons. The third-order valence-electron chi connectivity index (χ3n) is 5.19. The van der Waals surface area contributed by atoms with E-state index in [-0.39, 0.29) is 0 Å². The van der Waals surface area contributed by atoms with Crippen molar-refractivity contribution in [3.63, 3.8) is 0 Å². The first kappa shape index (κ1) is 18.2. The lowest BCUT2D eigenvalue weighted by Crippen LogP contribution is -2.06. The number of nitrogens with zero attached hydrogens (tertiary/aromatic N) is 1. The maximum atomic E-state index is 6.36. The third kappa shape index (κ3) is 3.59. The summed E-state index contributed by atoms with van der Waals surface area (Å²) in [6.07, 6.45) is 0.877. The molecule has 29 heavy (non-hydrogen) atoms. The molecule has 0 aliphatic heterocycles. The number of halogens is 1. The van der Waals surface area contributed by atoms with Crippen LogP contribution in [0.4, 0.5) is 5.69 Å². The molecule has 0 unspecified atom stereocenters. The Hall–Kier alpha value is -2.88. The summed E-state index contributed by atoms with van der Waals surface area (Å²) < 4.78 is 5.88. The Morgan fingerprint density at radius 1 is 0.793 bits per heavy atom. The van der Waals surface area contributed by atoms with E-state index in [1.54, 1.807) is 11.5 Å². The number of benzene rings is 4. The largest absolute Gasteiger partial charge is 0.384 e. The van der Waals surface area contributed by atoms with Crippen LogP contribution < -0.4 is 5.32 Å². The monoisotopic (exact) mass is 414 g/mol. The molecular weight excluding hydrogens is 396 g/mol. The molecule has 0 aliphatic carbocycles. The number of hydrogen-bond acceptors (Lipinski definition) is 3. The van der Waals surface area contributed by atoms with Crippen LogP contribution in [0.2, 0.25) is 5.02 Å². The van der Waals surface area contributed by atoms with Crippen molar-refractivity contribution in [2.75, 3.05) is 11.9 Å². The molecular formula is C25H19ClN2S. The Morgan fingerprint density at radius 3 is 2.52 bits per heavy atom. The zero-order chi connectivity index (χ0) is 19.6. The Bertz CT molecular complexity index is 1300. The summed E-state index contributed by atoms with van der Waals surface area (Å²) >= 11 is 7.93. The fraction of sp³-hybridized carbons (Fsp3) is 0.0800. The zero-order valence-corrected chi connectivity index (χ0v) is 17.3. The van der Waals surface area contributed by atoms with Crippen molar-refractivity contribution in [1.82, 2.24) is 4.37 Å². The maximum Gasteiger partial charge on any atom is 0.0638 e. The van der Waals surface area contributed by atoms with Gasteiger partial charge in [-0.15, -0.1) is 0 Å². The molecule has 0 spiro atoms. The fourth-order valence-corrected chi connectivity index (χ4v) is 4.78. The Labute approximate surface area is 178 Å². The van der Waals surface area contributed by atoms with Crippen LogP contribution in [-0.4, -0.2) is 10.9 Å². The normalized spacial score (nSPS) is 11.2. The quantitative estimate of drug-likeness (QED) is 0.323. The van der Waals surface area contributed by atoms with Gasteiger partial charge in [0.15, 0.2) is 0 Å². The number of nitrogens with one attached hydrogen (secondary N) is 1. The molecule has 142 valence electrons. The highest BCUT2D eigenvalue weighted by Crippen LogP contribution is 2.35. The van der Waals surface area contributed by atoms with E-state index in [1.807, 2.05) is 12.1 Å². The van der Waals surface area contributed by atoms with Crippen molar-refractivity contribution in [2.45, 2.75) is 6.42 Å². The van der Waals surface area contributed by atoms with Crippen LogP contribution in [0.15, 0.2) is 84.9 Å². The van der Waals surface area contributed by atoms with Crippen LogP contribution in [0.1, 0.15) is 5.69 Å². The number of fused-ring (bicyclic) bond motifs is 2. The lowest BCUT2D eigenvalue weighted by Gasteiger charge is -2.14. The van der Waals surface area contributed by atoms with E-state index in [0.717, 1.165) is 34.9 Å². The van der Waals surface area contributed by atoms with Crippen molar-refractivity contribution >= 4 is 49.7 Å². The van der Waals surface area contributed by atoms with Crippen molar-refractivity contribution in [2.24, 2.45) is 0 Å². The minimum absolute atomic E-state index is 0.740. The highest BCUT2D eigenvalue weighted by atomic mass is 35.5. The molecule has 0 atom stereocenters. The molecule has 4 aromatic carbocycles. The number of aromatic nitrogens is 1. The minimum atomic E-state index is 0.740. The second kappa shape index (κ2) is 7.86. The first-order valence-corrected chi connectivity index (χ1v) is 10.8. The lowest BCUT2D eigenvalue weighted by atomic mass is 9.97. The van der Waals surface area contributed by atoms with Gasteiger partial charge in [-0.3, -0.25) is 0 Å². The van der Waals surface area contributed by atoms with Crippen LogP contribution in [-0.2, 0) is 6.42 Å². The maximum absolute atomic E-state index is 6.36. The standard InChI is InChI=1S/C25H19ClN2S/c26-18-12-13-23(27-15-14-24-21-9-3-4-11-25(21)29-28-24)22(16-18)20-10-5-7-17-6-1-2-8-19(17)20/h1-13,16,27H,14-15H2. The Balaban J connectivity index is 1.45. The van der Waals surface area contributed by atoms with Gasteiger partial charge in [0.1, 0.15) is 0 Å². The average molecular weight is 415 g/mol. The van der Waals surface area contributed by atoms with E-state index in [0.29, 0.717) is 0 Å². The molecule has 1 N–H and O–H groups in total. The zero-order valence-electron chi connectivity index (χ0n) is 15.7. The second-order valence-corrected chi connectivity index (χ2v) is 8.26. The minimum Gasteiger partial charge on any atom is -0.384 e. The fourth-order valence-electron chi connectivity index (χ4n) is 3.79. The molecule has 1 aromatic heterocycles. The van der Waals surface area contributed by atoms with E-state index >= 15 is 0 Å². The predicted octanol–water partition coefficient (Wildman–Crippen LogP) is 7.42. The van der Waals surface area contributed by atoms with Gasteiger partial charge in [0.25, 0.3) is 0 Å². The molecule has 0 amide bonds. The highest BCUT2D eigenvalue weighted by molar-refractivity contribution is 7.13. The van der Waals surface area contributed by atoms with Crippen molar-refractivity contribution < 1.29 is 0 Å². The Kier molecular flexibility index (Phi) is 4.92. The topological polar surface area (TPSA) is 24.9 Å². The van der Waals surface area contributed by atoms with Gasteiger partial charge in [0, 0.05) is 34.6 Å². The van der Waals surface area contributed by atoms with Crippen LogP contribution in [0.3, 0.4) is 0 Å². The van der Waals surface area contributed by atoms with Gasteiger partial charge in [-0.1, -0.05) is 72.3 Å². The Morgan fingerprint density at radius 2 is 1.59 bits per heavy atom. The summed E-state index contributed by atoms with van der Waals surface area (Å²) in [4.78, 5) is 0. The van der Waals surface area contributed by atoms with Gasteiger partial charge in [-0.2, -0.15) is 4.37 Å².